The molecule has 26 heavy (non-hydrogen) atoms. The average molecular weight is 379 g/mol. The van der Waals surface area contributed by atoms with Crippen LogP contribution in [0.15, 0.2) is 22.8 Å². The number of hydrogen-bond donors (Lipinski definition) is 0. The number of unbranched alkanes of at least 4 members (excludes halogenated alkanes) is 1. The zero-order valence-corrected chi connectivity index (χ0v) is 16.7. The molecule has 1 spiro atoms. The molecule has 1 aromatic heterocycles. The van der Waals surface area contributed by atoms with E-state index in [0.29, 0.717) is 18.2 Å². The Morgan fingerprint density at radius 2 is 2.12 bits per heavy atom. The third kappa shape index (κ3) is 3.95. The Hall–Kier alpha value is -1.43. The maximum Gasteiger partial charge on any atom is 0.234 e. The number of likely N-dealkylation sites (tertiary alicyclic amines) is 1. The largest absolute Gasteiger partial charge is 0.467 e. The summed E-state index contributed by atoms with van der Waals surface area (Å²) in [5, 5.41) is 0. The zero-order chi connectivity index (χ0) is 18.6. The minimum atomic E-state index is -0.175. The van der Waals surface area contributed by atoms with Gasteiger partial charge in [0.05, 0.1) is 23.4 Å². The molecule has 1 atom stereocenters. The van der Waals surface area contributed by atoms with Gasteiger partial charge < -0.3 is 14.2 Å². The fraction of sp³-hybridized carbons (Fsp3) is 0.700. The number of thioether (sulfide) groups is 1. The third-order valence-corrected chi connectivity index (χ3v) is 7.31. The predicted octanol–water partition coefficient (Wildman–Crippen LogP) is 3.89. The van der Waals surface area contributed by atoms with Crippen molar-refractivity contribution in [3.63, 3.8) is 0 Å². The molecular formula is C20H30N2O3S. The Morgan fingerprint density at radius 3 is 2.73 bits per heavy atom. The van der Waals surface area contributed by atoms with Gasteiger partial charge >= 0.3 is 0 Å². The van der Waals surface area contributed by atoms with Crippen LogP contribution in [-0.2, 0) is 16.1 Å². The molecule has 0 saturated carbocycles. The fourth-order valence-electron chi connectivity index (χ4n) is 4.07. The summed E-state index contributed by atoms with van der Waals surface area (Å²) in [4.78, 5) is 29.1. The van der Waals surface area contributed by atoms with Crippen LogP contribution in [0.3, 0.4) is 0 Å². The number of piperidine rings is 1. The molecular weight excluding hydrogens is 348 g/mol. The van der Waals surface area contributed by atoms with Crippen LogP contribution in [0, 0.1) is 5.92 Å². The highest BCUT2D eigenvalue weighted by Crippen LogP contribution is 2.45. The Kier molecular flexibility index (Phi) is 6.33. The van der Waals surface area contributed by atoms with Crippen molar-refractivity contribution < 1.29 is 14.0 Å². The van der Waals surface area contributed by atoms with Gasteiger partial charge in [-0.05, 0) is 37.8 Å². The Bertz CT molecular complexity index is 609. The molecule has 2 aliphatic rings. The molecule has 144 valence electrons. The Balaban J connectivity index is 1.62. The standard InChI is InChI=1S/C20H30N2O3S/c1-3-5-7-16(4-2)19(24)21-11-9-20(10-12-21)22(18(23)15-26-20)14-17-8-6-13-25-17/h6,8,13,16H,3-5,7,9-12,14-15H2,1-2H3/t16-/m0/s1. The molecule has 3 rings (SSSR count). The molecule has 2 fully saturated rings. The monoisotopic (exact) mass is 378 g/mol. The summed E-state index contributed by atoms with van der Waals surface area (Å²) in [5.74, 6) is 2.00. The molecule has 1 aromatic rings. The lowest BCUT2D eigenvalue weighted by atomic mass is 9.95. The van der Waals surface area contributed by atoms with Crippen molar-refractivity contribution in [3.05, 3.63) is 24.2 Å². The molecule has 0 radical (unpaired) electrons. The molecule has 3 heterocycles. The van der Waals surface area contributed by atoms with Gasteiger partial charge in [0.1, 0.15) is 5.76 Å². The predicted molar refractivity (Wildman–Crippen MR) is 104 cm³/mol. The molecule has 0 unspecified atom stereocenters. The van der Waals surface area contributed by atoms with Crippen molar-refractivity contribution in [2.45, 2.75) is 63.8 Å². The molecule has 0 aromatic carbocycles. The fourth-order valence-corrected chi connectivity index (χ4v) is 5.41. The van der Waals surface area contributed by atoms with Gasteiger partial charge in [0.25, 0.3) is 0 Å². The van der Waals surface area contributed by atoms with E-state index in [-0.39, 0.29) is 16.7 Å². The molecule has 6 heteroatoms. The highest BCUT2D eigenvalue weighted by molar-refractivity contribution is 8.01. The van der Waals surface area contributed by atoms with Gasteiger partial charge in [-0.1, -0.05) is 26.7 Å². The van der Waals surface area contributed by atoms with E-state index in [2.05, 4.69) is 13.8 Å². The maximum atomic E-state index is 12.9. The van der Waals surface area contributed by atoms with Crippen LogP contribution >= 0.6 is 11.8 Å². The zero-order valence-electron chi connectivity index (χ0n) is 15.9. The van der Waals surface area contributed by atoms with Crippen molar-refractivity contribution >= 4 is 23.6 Å². The van der Waals surface area contributed by atoms with Gasteiger partial charge in [0, 0.05) is 19.0 Å². The van der Waals surface area contributed by atoms with Gasteiger partial charge in [0.2, 0.25) is 11.8 Å². The summed E-state index contributed by atoms with van der Waals surface area (Å²) >= 11 is 1.74. The highest BCUT2D eigenvalue weighted by atomic mass is 32.2. The summed E-state index contributed by atoms with van der Waals surface area (Å²) in [5.41, 5.74) is 0. The van der Waals surface area contributed by atoms with Gasteiger partial charge in [0.15, 0.2) is 0 Å². The number of hydrogen-bond acceptors (Lipinski definition) is 4. The number of amides is 2. The van der Waals surface area contributed by atoms with E-state index in [1.54, 1.807) is 18.0 Å². The molecule has 0 bridgehead atoms. The minimum absolute atomic E-state index is 0.154. The maximum absolute atomic E-state index is 12.9. The van der Waals surface area contributed by atoms with Gasteiger partial charge in [-0.3, -0.25) is 9.59 Å². The number of carbonyl (C=O) groups excluding carboxylic acids is 2. The second kappa shape index (κ2) is 8.51. The van der Waals surface area contributed by atoms with Gasteiger partial charge in [-0.25, -0.2) is 0 Å². The molecule has 5 nitrogen and oxygen atoms in total. The second-order valence-electron chi connectivity index (χ2n) is 7.37. The van der Waals surface area contributed by atoms with Gasteiger partial charge in [-0.2, -0.15) is 0 Å². The first kappa shape index (κ1) is 19.3. The lowest BCUT2D eigenvalue weighted by Gasteiger charge is -2.44. The van der Waals surface area contributed by atoms with Crippen molar-refractivity contribution in [2.24, 2.45) is 5.92 Å². The summed E-state index contributed by atoms with van der Waals surface area (Å²) < 4.78 is 5.45. The number of rotatable bonds is 7. The SMILES string of the molecule is CCCC[C@H](CC)C(=O)N1CCC2(CC1)SCC(=O)N2Cc1ccco1. The van der Waals surface area contributed by atoms with E-state index in [1.165, 1.54) is 0 Å². The molecule has 0 N–H and O–H groups in total. The molecule has 0 aliphatic carbocycles. The van der Waals surface area contributed by atoms with Crippen LogP contribution in [0.25, 0.3) is 0 Å². The van der Waals surface area contributed by atoms with E-state index < -0.39 is 0 Å². The van der Waals surface area contributed by atoms with Crippen LogP contribution < -0.4 is 0 Å². The van der Waals surface area contributed by atoms with Crippen LogP contribution in [0.4, 0.5) is 0 Å². The van der Waals surface area contributed by atoms with Crippen molar-refractivity contribution in [3.8, 4) is 0 Å². The first-order valence-electron chi connectivity index (χ1n) is 9.85. The van der Waals surface area contributed by atoms with E-state index in [9.17, 15) is 9.59 Å². The summed E-state index contributed by atoms with van der Waals surface area (Å²) in [6.07, 6.45) is 7.50. The van der Waals surface area contributed by atoms with Gasteiger partial charge in [-0.15, -0.1) is 11.8 Å². The van der Waals surface area contributed by atoms with Crippen LogP contribution in [-0.4, -0.2) is 45.3 Å². The number of carbonyl (C=O) groups is 2. The smallest absolute Gasteiger partial charge is 0.234 e. The summed E-state index contributed by atoms with van der Waals surface area (Å²) in [7, 11) is 0. The first-order valence-corrected chi connectivity index (χ1v) is 10.8. The summed E-state index contributed by atoms with van der Waals surface area (Å²) in [6.45, 7) is 6.30. The molecule has 2 amide bonds. The highest BCUT2D eigenvalue weighted by Gasteiger charge is 2.48. The average Bonchev–Trinajstić information content (AvgIpc) is 3.27. The first-order chi connectivity index (χ1) is 12.6. The second-order valence-corrected chi connectivity index (χ2v) is 8.70. The van der Waals surface area contributed by atoms with E-state index >= 15 is 0 Å². The van der Waals surface area contributed by atoms with E-state index in [0.717, 1.165) is 57.4 Å². The lowest BCUT2D eigenvalue weighted by Crippen LogP contribution is -2.53. The van der Waals surface area contributed by atoms with Crippen LogP contribution in [0.5, 0.6) is 0 Å². The van der Waals surface area contributed by atoms with Crippen molar-refractivity contribution in [1.29, 1.82) is 0 Å². The van der Waals surface area contributed by atoms with Crippen LogP contribution in [0.1, 0.15) is 58.1 Å². The Labute approximate surface area is 160 Å². The Morgan fingerprint density at radius 1 is 1.35 bits per heavy atom. The summed E-state index contributed by atoms with van der Waals surface area (Å²) in [6, 6.07) is 3.78. The number of nitrogens with zero attached hydrogens (tertiary/aromatic N) is 2. The topological polar surface area (TPSA) is 53.8 Å². The third-order valence-electron chi connectivity index (χ3n) is 5.76. The minimum Gasteiger partial charge on any atom is -0.467 e. The lowest BCUT2D eigenvalue weighted by molar-refractivity contribution is -0.139. The number of furan rings is 1. The molecule has 2 aliphatic heterocycles. The normalized spacial score (nSPS) is 20.8. The van der Waals surface area contributed by atoms with E-state index in [1.807, 2.05) is 21.9 Å². The van der Waals surface area contributed by atoms with Crippen molar-refractivity contribution in [2.75, 3.05) is 18.8 Å². The van der Waals surface area contributed by atoms with Crippen LogP contribution in [0.2, 0.25) is 0 Å². The quantitative estimate of drug-likeness (QED) is 0.722. The molecule has 2 saturated heterocycles. The van der Waals surface area contributed by atoms with E-state index in [4.69, 9.17) is 4.42 Å². The van der Waals surface area contributed by atoms with Crippen molar-refractivity contribution in [1.82, 2.24) is 9.80 Å².